The monoisotopic (exact) mass is 437 g/mol. The SMILES string of the molecule is COc1cc(F)cc(-c2ccnc3[nH]c(-c4n[nH]c5cnc(-c6cccnc6)cc45)nc23)c1. The normalized spacial score (nSPS) is 11.3. The number of rotatable bonds is 4. The Morgan fingerprint density at radius 1 is 0.970 bits per heavy atom. The highest BCUT2D eigenvalue weighted by Crippen LogP contribution is 2.33. The summed E-state index contributed by atoms with van der Waals surface area (Å²) in [5.74, 6) is 0.584. The average Bonchev–Trinajstić information content (AvgIpc) is 3.47. The van der Waals surface area contributed by atoms with E-state index in [0.29, 0.717) is 34.0 Å². The van der Waals surface area contributed by atoms with Crippen molar-refractivity contribution in [2.45, 2.75) is 0 Å². The van der Waals surface area contributed by atoms with Crippen LogP contribution in [0.5, 0.6) is 5.75 Å². The van der Waals surface area contributed by atoms with E-state index in [0.717, 1.165) is 27.7 Å². The molecule has 0 aliphatic rings. The first-order valence-electron chi connectivity index (χ1n) is 10.1. The van der Waals surface area contributed by atoms with Crippen LogP contribution < -0.4 is 4.74 Å². The summed E-state index contributed by atoms with van der Waals surface area (Å²) in [6.45, 7) is 0. The van der Waals surface area contributed by atoms with Gasteiger partial charge in [0, 0.05) is 41.2 Å². The lowest BCUT2D eigenvalue weighted by Gasteiger charge is -2.06. The third kappa shape index (κ3) is 3.26. The summed E-state index contributed by atoms with van der Waals surface area (Å²) in [5.41, 5.74) is 5.66. The van der Waals surface area contributed by atoms with Crippen molar-refractivity contribution in [2.24, 2.45) is 0 Å². The number of imidazole rings is 1. The van der Waals surface area contributed by atoms with Gasteiger partial charge < -0.3 is 9.72 Å². The fourth-order valence-electron chi connectivity index (χ4n) is 3.86. The van der Waals surface area contributed by atoms with E-state index < -0.39 is 5.82 Å². The van der Waals surface area contributed by atoms with Crippen LogP contribution in [0.25, 0.3) is 56.0 Å². The number of pyridine rings is 3. The van der Waals surface area contributed by atoms with Crippen LogP contribution in [0.2, 0.25) is 0 Å². The molecule has 6 rings (SSSR count). The highest BCUT2D eigenvalue weighted by Gasteiger charge is 2.17. The fourth-order valence-corrected chi connectivity index (χ4v) is 3.86. The number of H-pyrrole nitrogens is 2. The average molecular weight is 437 g/mol. The van der Waals surface area contributed by atoms with E-state index in [1.807, 2.05) is 18.2 Å². The number of benzene rings is 1. The highest BCUT2D eigenvalue weighted by molar-refractivity contribution is 5.96. The molecule has 0 aliphatic heterocycles. The number of aromatic nitrogens is 7. The molecule has 0 atom stereocenters. The van der Waals surface area contributed by atoms with Gasteiger partial charge in [0.1, 0.15) is 22.8 Å². The largest absolute Gasteiger partial charge is 0.497 e. The number of fused-ring (bicyclic) bond motifs is 2. The van der Waals surface area contributed by atoms with Crippen molar-refractivity contribution >= 4 is 22.1 Å². The Bertz CT molecular complexity index is 1620. The van der Waals surface area contributed by atoms with Gasteiger partial charge in [-0.3, -0.25) is 15.1 Å². The van der Waals surface area contributed by atoms with Crippen LogP contribution in [0, 0.1) is 5.82 Å². The van der Waals surface area contributed by atoms with Gasteiger partial charge in [0.05, 0.1) is 24.5 Å². The first-order valence-corrected chi connectivity index (χ1v) is 10.1. The zero-order valence-corrected chi connectivity index (χ0v) is 17.4. The summed E-state index contributed by atoms with van der Waals surface area (Å²) >= 11 is 0. The van der Waals surface area contributed by atoms with Crippen LogP contribution in [0.3, 0.4) is 0 Å². The van der Waals surface area contributed by atoms with Crippen LogP contribution in [-0.2, 0) is 0 Å². The Labute approximate surface area is 186 Å². The van der Waals surface area contributed by atoms with E-state index in [1.165, 1.54) is 19.2 Å². The van der Waals surface area contributed by atoms with Gasteiger partial charge in [-0.2, -0.15) is 5.10 Å². The molecule has 0 bridgehead atoms. The molecular formula is C24H16FN7O. The molecule has 8 nitrogen and oxygen atoms in total. The molecule has 0 saturated heterocycles. The first kappa shape index (κ1) is 19.1. The molecule has 2 N–H and O–H groups in total. The molecule has 0 saturated carbocycles. The molecule has 160 valence electrons. The minimum Gasteiger partial charge on any atom is -0.497 e. The Balaban J connectivity index is 1.50. The van der Waals surface area contributed by atoms with Crippen LogP contribution in [0.15, 0.2) is 67.3 Å². The second-order valence-electron chi connectivity index (χ2n) is 7.45. The smallest absolute Gasteiger partial charge is 0.160 e. The molecule has 0 aliphatic carbocycles. The lowest BCUT2D eigenvalue weighted by atomic mass is 10.1. The summed E-state index contributed by atoms with van der Waals surface area (Å²) < 4.78 is 19.4. The zero-order valence-electron chi connectivity index (χ0n) is 17.4. The maximum Gasteiger partial charge on any atom is 0.160 e. The Morgan fingerprint density at radius 3 is 2.76 bits per heavy atom. The molecule has 0 fully saturated rings. The van der Waals surface area contributed by atoms with Crippen molar-refractivity contribution in [3.63, 3.8) is 0 Å². The highest BCUT2D eigenvalue weighted by atomic mass is 19.1. The second-order valence-corrected chi connectivity index (χ2v) is 7.45. The van der Waals surface area contributed by atoms with E-state index in [4.69, 9.17) is 9.72 Å². The molecule has 0 unspecified atom stereocenters. The number of hydrogen-bond acceptors (Lipinski definition) is 6. The minimum atomic E-state index is -0.390. The van der Waals surface area contributed by atoms with Crippen LogP contribution in [-0.4, -0.2) is 42.2 Å². The fraction of sp³-hybridized carbons (Fsp3) is 0.0417. The van der Waals surface area contributed by atoms with E-state index in [1.54, 1.807) is 36.9 Å². The third-order valence-corrected chi connectivity index (χ3v) is 5.43. The van der Waals surface area contributed by atoms with Crippen LogP contribution in [0.1, 0.15) is 0 Å². The van der Waals surface area contributed by atoms with Crippen molar-refractivity contribution in [2.75, 3.05) is 7.11 Å². The summed E-state index contributed by atoms with van der Waals surface area (Å²) in [7, 11) is 1.50. The molecule has 9 heteroatoms. The minimum absolute atomic E-state index is 0.390. The van der Waals surface area contributed by atoms with Gasteiger partial charge in [0.2, 0.25) is 0 Å². The van der Waals surface area contributed by atoms with Crippen molar-refractivity contribution in [1.29, 1.82) is 0 Å². The summed E-state index contributed by atoms with van der Waals surface area (Å²) in [5, 5.41) is 8.32. The number of halogens is 1. The number of aromatic amines is 2. The molecule has 0 radical (unpaired) electrons. The van der Waals surface area contributed by atoms with Gasteiger partial charge in [-0.15, -0.1) is 0 Å². The van der Waals surface area contributed by atoms with E-state index in [2.05, 4.69) is 30.1 Å². The van der Waals surface area contributed by atoms with Gasteiger partial charge in [0.25, 0.3) is 0 Å². The Morgan fingerprint density at radius 2 is 1.91 bits per heavy atom. The topological polar surface area (TPSA) is 105 Å². The molecule has 0 amide bonds. The summed E-state index contributed by atoms with van der Waals surface area (Å²) in [6, 6.07) is 12.1. The first-order chi connectivity index (χ1) is 16.2. The van der Waals surface area contributed by atoms with Crippen LogP contribution in [0.4, 0.5) is 4.39 Å². The van der Waals surface area contributed by atoms with E-state index >= 15 is 0 Å². The van der Waals surface area contributed by atoms with Crippen LogP contribution >= 0.6 is 0 Å². The van der Waals surface area contributed by atoms with Gasteiger partial charge >= 0.3 is 0 Å². The standard InChI is InChI=1S/C24H16FN7O/c1-33-16-8-14(7-15(25)9-16)17-4-6-27-23-21(17)29-24(30-23)22-18-10-19(13-3-2-5-26-11-13)28-12-20(18)31-32-22/h2-12H,1H3,(H,31,32)(H,27,29,30). The predicted molar refractivity (Wildman–Crippen MR) is 122 cm³/mol. The van der Waals surface area contributed by atoms with Crippen molar-refractivity contribution < 1.29 is 9.13 Å². The number of ether oxygens (including phenoxy) is 1. The number of nitrogens with zero attached hydrogens (tertiary/aromatic N) is 5. The third-order valence-electron chi connectivity index (χ3n) is 5.43. The van der Waals surface area contributed by atoms with Crippen molar-refractivity contribution in [1.82, 2.24) is 35.1 Å². The molecule has 6 aromatic rings. The summed E-state index contributed by atoms with van der Waals surface area (Å²) in [4.78, 5) is 21.1. The van der Waals surface area contributed by atoms with E-state index in [-0.39, 0.29) is 0 Å². The molecular weight excluding hydrogens is 421 g/mol. The summed E-state index contributed by atoms with van der Waals surface area (Å²) in [6.07, 6.45) is 6.88. The predicted octanol–water partition coefficient (Wildman–Crippen LogP) is 4.77. The molecule has 1 aromatic carbocycles. The second kappa shape index (κ2) is 7.49. The van der Waals surface area contributed by atoms with Gasteiger partial charge in [-0.25, -0.2) is 14.4 Å². The molecule has 33 heavy (non-hydrogen) atoms. The van der Waals surface area contributed by atoms with Crippen molar-refractivity contribution in [3.8, 4) is 39.7 Å². The molecule has 5 aromatic heterocycles. The van der Waals surface area contributed by atoms with E-state index in [9.17, 15) is 4.39 Å². The lowest BCUT2D eigenvalue weighted by Crippen LogP contribution is -1.88. The maximum atomic E-state index is 14.1. The van der Waals surface area contributed by atoms with Gasteiger partial charge in [-0.1, -0.05) is 0 Å². The lowest BCUT2D eigenvalue weighted by molar-refractivity contribution is 0.411. The zero-order chi connectivity index (χ0) is 22.4. The Hall–Kier alpha value is -4.66. The van der Waals surface area contributed by atoms with Gasteiger partial charge in [-0.05, 0) is 42.0 Å². The maximum absolute atomic E-state index is 14.1. The molecule has 5 heterocycles. The van der Waals surface area contributed by atoms with Crippen molar-refractivity contribution in [3.05, 3.63) is 73.1 Å². The molecule has 0 spiro atoms. The van der Waals surface area contributed by atoms with Gasteiger partial charge in [0.15, 0.2) is 11.5 Å². The quantitative estimate of drug-likeness (QED) is 0.411. The number of methoxy groups -OCH3 is 1. The Kier molecular flexibility index (Phi) is 4.32. The number of nitrogens with one attached hydrogen (secondary N) is 2. The number of hydrogen-bond donors (Lipinski definition) is 2.